The minimum Gasteiger partial charge on any atom is -0.496 e. The van der Waals surface area contributed by atoms with Gasteiger partial charge in [0.1, 0.15) is 17.2 Å². The fourth-order valence-electron chi connectivity index (χ4n) is 3.77. The molecule has 1 aliphatic rings. The van der Waals surface area contributed by atoms with E-state index in [0.717, 1.165) is 5.56 Å². The summed E-state index contributed by atoms with van der Waals surface area (Å²) in [6.45, 7) is 1.77. The first-order valence-electron chi connectivity index (χ1n) is 10.6. The molecule has 7 nitrogen and oxygen atoms in total. The van der Waals surface area contributed by atoms with Crippen molar-refractivity contribution in [2.24, 2.45) is 0 Å². The first-order chi connectivity index (χ1) is 16.4. The molecule has 1 aliphatic heterocycles. The molecule has 0 radical (unpaired) electrons. The topological polar surface area (TPSA) is 80.3 Å². The van der Waals surface area contributed by atoms with Crippen molar-refractivity contribution in [3.8, 4) is 28.7 Å². The van der Waals surface area contributed by atoms with Gasteiger partial charge in [-0.3, -0.25) is 9.59 Å². The number of Topliss-reactive ketones (excluding diaryl/α,β-unsaturated/α-hetero) is 1. The molecule has 0 atom stereocenters. The maximum atomic E-state index is 13.1. The monoisotopic (exact) mass is 460 g/mol. The molecule has 0 aliphatic carbocycles. The molecular weight excluding hydrogens is 436 g/mol. The van der Waals surface area contributed by atoms with Crippen molar-refractivity contribution in [3.63, 3.8) is 0 Å². The molecule has 3 aromatic carbocycles. The van der Waals surface area contributed by atoms with Crippen molar-refractivity contribution in [2.75, 3.05) is 21.3 Å². The van der Waals surface area contributed by atoms with E-state index in [9.17, 15) is 9.59 Å². The number of hydrogen-bond acceptors (Lipinski definition) is 7. The molecule has 0 unspecified atom stereocenters. The van der Waals surface area contributed by atoms with Crippen molar-refractivity contribution >= 4 is 17.8 Å². The maximum Gasteiger partial charge on any atom is 0.315 e. The van der Waals surface area contributed by atoms with E-state index in [-0.39, 0.29) is 18.0 Å². The van der Waals surface area contributed by atoms with Gasteiger partial charge < -0.3 is 23.7 Å². The highest BCUT2D eigenvalue weighted by Crippen LogP contribution is 2.40. The molecule has 0 aromatic heterocycles. The van der Waals surface area contributed by atoms with Crippen LogP contribution in [0.3, 0.4) is 0 Å². The number of esters is 1. The molecule has 0 bridgehead atoms. The van der Waals surface area contributed by atoms with Crippen molar-refractivity contribution in [3.05, 3.63) is 82.6 Å². The summed E-state index contributed by atoms with van der Waals surface area (Å²) in [5.41, 5.74) is 2.51. The van der Waals surface area contributed by atoms with Gasteiger partial charge in [0.05, 0.1) is 33.3 Å². The molecule has 3 aromatic rings. The second-order valence-corrected chi connectivity index (χ2v) is 7.64. The van der Waals surface area contributed by atoms with Gasteiger partial charge in [0.15, 0.2) is 17.3 Å². The lowest BCUT2D eigenvalue weighted by Gasteiger charge is -2.12. The molecule has 0 amide bonds. The van der Waals surface area contributed by atoms with E-state index in [4.69, 9.17) is 23.7 Å². The Bertz CT molecular complexity index is 1280. The van der Waals surface area contributed by atoms with Crippen LogP contribution in [0.15, 0.2) is 60.4 Å². The van der Waals surface area contributed by atoms with E-state index in [2.05, 4.69) is 0 Å². The molecule has 34 heavy (non-hydrogen) atoms. The zero-order valence-electron chi connectivity index (χ0n) is 19.3. The average Bonchev–Trinajstić information content (AvgIpc) is 3.14. The van der Waals surface area contributed by atoms with Crippen molar-refractivity contribution in [1.82, 2.24) is 0 Å². The molecule has 0 saturated carbocycles. The number of aryl methyl sites for hydroxylation is 1. The quantitative estimate of drug-likeness (QED) is 0.285. The summed E-state index contributed by atoms with van der Waals surface area (Å²) in [7, 11) is 4.58. The minimum atomic E-state index is -0.402. The molecule has 4 rings (SSSR count). The van der Waals surface area contributed by atoms with Crippen LogP contribution < -0.4 is 23.7 Å². The zero-order valence-corrected chi connectivity index (χ0v) is 19.3. The molecule has 1 heterocycles. The highest BCUT2D eigenvalue weighted by atomic mass is 16.5. The first kappa shape index (κ1) is 22.9. The minimum absolute atomic E-state index is 0.122. The van der Waals surface area contributed by atoms with Gasteiger partial charge in [-0.05, 0) is 36.3 Å². The Hall–Kier alpha value is -4.26. The molecule has 0 saturated heterocycles. The van der Waals surface area contributed by atoms with Gasteiger partial charge in [-0.25, -0.2) is 0 Å². The number of allylic oxidation sites excluding steroid dienone is 1. The Labute approximate surface area is 197 Å². The molecule has 0 spiro atoms. The number of methoxy groups -OCH3 is 3. The Kier molecular flexibility index (Phi) is 6.54. The van der Waals surface area contributed by atoms with E-state index >= 15 is 0 Å². The van der Waals surface area contributed by atoms with Crippen LogP contribution in [-0.2, 0) is 11.2 Å². The summed E-state index contributed by atoms with van der Waals surface area (Å²) in [4.78, 5) is 25.4. The molecule has 7 heteroatoms. The van der Waals surface area contributed by atoms with Gasteiger partial charge in [0.2, 0.25) is 5.78 Å². The first-order valence-corrected chi connectivity index (χ1v) is 10.6. The average molecular weight is 460 g/mol. The third-order valence-corrected chi connectivity index (χ3v) is 5.39. The van der Waals surface area contributed by atoms with E-state index in [0.29, 0.717) is 45.4 Å². The second kappa shape index (κ2) is 9.70. The summed E-state index contributed by atoms with van der Waals surface area (Å²) < 4.78 is 27.5. The maximum absolute atomic E-state index is 13.1. The number of rotatable bonds is 7. The number of hydrogen-bond donors (Lipinski definition) is 0. The number of fused-ring (bicyclic) bond motifs is 1. The summed E-state index contributed by atoms with van der Waals surface area (Å²) in [6.07, 6.45) is 1.73. The SMILES string of the molecule is COc1cc(OC)c(OC)cc1/C=C1\Oc2cc(OC(=O)Cc3ccccc3)cc(C)c2C1=O. The van der Waals surface area contributed by atoms with Gasteiger partial charge in [0, 0.05) is 17.7 Å². The van der Waals surface area contributed by atoms with Gasteiger partial charge in [-0.2, -0.15) is 0 Å². The second-order valence-electron chi connectivity index (χ2n) is 7.64. The van der Waals surface area contributed by atoms with Gasteiger partial charge in [-0.15, -0.1) is 0 Å². The lowest BCUT2D eigenvalue weighted by atomic mass is 10.0. The molecule has 0 fully saturated rings. The van der Waals surface area contributed by atoms with Crippen molar-refractivity contribution in [2.45, 2.75) is 13.3 Å². The molecule has 174 valence electrons. The van der Waals surface area contributed by atoms with Gasteiger partial charge in [0.25, 0.3) is 0 Å². The van der Waals surface area contributed by atoms with Crippen LogP contribution in [-0.4, -0.2) is 33.1 Å². The summed E-state index contributed by atoms with van der Waals surface area (Å²) in [6, 6.07) is 15.9. The molecule has 0 N–H and O–H groups in total. The molecular formula is C27H24O7. The number of ether oxygens (including phenoxy) is 5. The fourth-order valence-corrected chi connectivity index (χ4v) is 3.77. The van der Waals surface area contributed by atoms with Crippen LogP contribution >= 0.6 is 0 Å². The normalized spacial score (nSPS) is 13.3. The van der Waals surface area contributed by atoms with Crippen LogP contribution in [0, 0.1) is 6.92 Å². The van der Waals surface area contributed by atoms with Crippen LogP contribution in [0.4, 0.5) is 0 Å². The zero-order chi connectivity index (χ0) is 24.2. The smallest absolute Gasteiger partial charge is 0.315 e. The number of carbonyl (C=O) groups is 2. The summed E-state index contributed by atoms with van der Waals surface area (Å²) >= 11 is 0. The largest absolute Gasteiger partial charge is 0.496 e. The fraction of sp³-hybridized carbons (Fsp3) is 0.185. The van der Waals surface area contributed by atoms with E-state index < -0.39 is 5.97 Å². The van der Waals surface area contributed by atoms with Crippen LogP contribution in [0.2, 0.25) is 0 Å². The Morgan fingerprint density at radius 3 is 2.26 bits per heavy atom. The Morgan fingerprint density at radius 1 is 0.912 bits per heavy atom. The van der Waals surface area contributed by atoms with Gasteiger partial charge >= 0.3 is 5.97 Å². The summed E-state index contributed by atoms with van der Waals surface area (Å²) in [5, 5.41) is 0. The van der Waals surface area contributed by atoms with Crippen molar-refractivity contribution < 1.29 is 33.3 Å². The predicted molar refractivity (Wildman–Crippen MR) is 126 cm³/mol. The van der Waals surface area contributed by atoms with Gasteiger partial charge in [-0.1, -0.05) is 30.3 Å². The lowest BCUT2D eigenvalue weighted by molar-refractivity contribution is -0.133. The third-order valence-electron chi connectivity index (χ3n) is 5.39. The van der Waals surface area contributed by atoms with Crippen LogP contribution in [0.1, 0.15) is 27.0 Å². The number of ketones is 1. The number of carbonyl (C=O) groups excluding carboxylic acids is 2. The standard InChI is InChI=1S/C27H24O7/c1-16-10-19(33-25(28)11-17-8-6-5-7-9-17)14-23-26(16)27(29)24(34-23)13-18-12-21(31-3)22(32-4)15-20(18)30-2/h5-10,12-15H,11H2,1-4H3/b24-13-. The van der Waals surface area contributed by atoms with E-state index in [1.807, 2.05) is 30.3 Å². The highest BCUT2D eigenvalue weighted by Gasteiger charge is 2.31. The van der Waals surface area contributed by atoms with E-state index in [1.54, 1.807) is 37.3 Å². The number of benzene rings is 3. The third kappa shape index (κ3) is 4.59. The van der Waals surface area contributed by atoms with Crippen LogP contribution in [0.25, 0.3) is 6.08 Å². The van der Waals surface area contributed by atoms with E-state index in [1.165, 1.54) is 21.3 Å². The summed E-state index contributed by atoms with van der Waals surface area (Å²) in [5.74, 6) is 1.57. The Balaban J connectivity index is 1.60. The predicted octanol–water partition coefficient (Wildman–Crippen LogP) is 4.79. The van der Waals surface area contributed by atoms with Crippen LogP contribution in [0.5, 0.6) is 28.7 Å². The lowest BCUT2D eigenvalue weighted by Crippen LogP contribution is -2.11. The van der Waals surface area contributed by atoms with Crippen molar-refractivity contribution in [1.29, 1.82) is 0 Å². The Morgan fingerprint density at radius 2 is 1.59 bits per heavy atom. The highest BCUT2D eigenvalue weighted by molar-refractivity contribution is 6.15.